The molecule has 0 aliphatic heterocycles. The van der Waals surface area contributed by atoms with Crippen LogP contribution in [0.25, 0.3) is 5.73 Å². The van der Waals surface area contributed by atoms with E-state index in [0.29, 0.717) is 11.5 Å². The Morgan fingerprint density at radius 3 is 1.64 bits per heavy atom. The van der Waals surface area contributed by atoms with Gasteiger partial charge in [-0.1, -0.05) is 48.0 Å². The Bertz CT molecular complexity index is 320. The average molecular weight is 393 g/mol. The number of hydrogen-bond donors (Lipinski definition) is 1. The fraction of sp³-hybridized carbons (Fsp3) is 0.889. The van der Waals surface area contributed by atoms with Gasteiger partial charge in [0.15, 0.2) is 0 Å². The molecule has 1 fully saturated rings. The van der Waals surface area contributed by atoms with Crippen molar-refractivity contribution < 1.29 is 41.5 Å². The fourth-order valence-corrected chi connectivity index (χ4v) is 2.11. The molecule has 1 saturated carbocycles. The Balaban J connectivity index is -0.000000142. The summed E-state index contributed by atoms with van der Waals surface area (Å²) in [6.07, 6.45) is 4.00. The average Bonchev–Trinajstić information content (AvgIpc) is 2.23. The molecule has 1 atom stereocenters. The van der Waals surface area contributed by atoms with Crippen LogP contribution in [0, 0.1) is 5.41 Å². The molecule has 2 N–H and O–H groups in total. The quantitative estimate of drug-likeness (QED) is 0.687. The topological polar surface area (TPSA) is 116 Å². The van der Waals surface area contributed by atoms with E-state index in [0.717, 1.165) is 12.8 Å². The fourth-order valence-electron chi connectivity index (χ4n) is 2.11. The van der Waals surface area contributed by atoms with Crippen LogP contribution in [0.5, 0.6) is 0 Å². The van der Waals surface area contributed by atoms with Crippen LogP contribution in [-0.2, 0) is 31.3 Å². The van der Waals surface area contributed by atoms with Crippen molar-refractivity contribution >= 4 is 11.8 Å². The van der Waals surface area contributed by atoms with Gasteiger partial charge >= 0.3 is 21.7 Å². The summed E-state index contributed by atoms with van der Waals surface area (Å²) in [6, 6.07) is 0.422. The first-order valence-corrected chi connectivity index (χ1v) is 8.50. The second-order valence-corrected chi connectivity index (χ2v) is 7.31. The zero-order valence-electron chi connectivity index (χ0n) is 17.2. The monoisotopic (exact) mass is 393 g/mol. The van der Waals surface area contributed by atoms with Crippen molar-refractivity contribution in [1.29, 1.82) is 0 Å². The number of carbonyl (C=O) groups is 2. The van der Waals surface area contributed by atoms with Crippen molar-refractivity contribution in [2.24, 2.45) is 5.41 Å². The van der Waals surface area contributed by atoms with Crippen molar-refractivity contribution in [2.45, 2.75) is 99.3 Å². The van der Waals surface area contributed by atoms with Gasteiger partial charge in [-0.15, -0.1) is 12.2 Å². The van der Waals surface area contributed by atoms with Crippen LogP contribution in [0.1, 0.15) is 81.1 Å². The first-order chi connectivity index (χ1) is 10.7. The van der Waals surface area contributed by atoms with Crippen molar-refractivity contribution in [3.05, 3.63) is 5.73 Å². The first kappa shape index (κ1) is 32.3. The molecule has 1 aliphatic carbocycles. The zero-order valence-corrected chi connectivity index (χ0v) is 18.8. The van der Waals surface area contributed by atoms with Crippen LogP contribution < -0.4 is 15.5 Å². The molecule has 0 heterocycles. The molecule has 2 amide bonds. The van der Waals surface area contributed by atoms with Crippen molar-refractivity contribution in [2.75, 3.05) is 0 Å². The third-order valence-electron chi connectivity index (χ3n) is 2.61. The van der Waals surface area contributed by atoms with Gasteiger partial charge in [-0.25, -0.2) is 0 Å². The van der Waals surface area contributed by atoms with E-state index >= 15 is 0 Å². The Morgan fingerprint density at radius 2 is 1.40 bits per heavy atom. The standard InChI is InChI=1S/C10H19NO.2C3H7O.C2H5NO.Ti/c1-8(12)11-9-5-4-6-10(2,3)7-9;2*1-3(2)4;1-2(3)4;/h9H,4-7H2,1-3H3,(H,11,12);2*3H,1-2H3;1H3,(H2,3,4);/q;2*-1;;+3/p-1. The molecule has 0 aromatic heterocycles. The molecule has 1 unspecified atom stereocenters. The third kappa shape index (κ3) is 45.2. The number of rotatable bonds is 1. The summed E-state index contributed by atoms with van der Waals surface area (Å²) in [6.45, 7) is 13.8. The van der Waals surface area contributed by atoms with Gasteiger partial charge in [-0.3, -0.25) is 4.79 Å². The smallest absolute Gasteiger partial charge is 0.852 e. The van der Waals surface area contributed by atoms with Crippen LogP contribution in [0.3, 0.4) is 0 Å². The van der Waals surface area contributed by atoms with Gasteiger partial charge in [-0.05, 0) is 31.6 Å². The molecule has 1 aliphatic rings. The summed E-state index contributed by atoms with van der Waals surface area (Å²) in [4.78, 5) is 19.9. The van der Waals surface area contributed by atoms with Gasteiger partial charge in [0.05, 0.1) is 0 Å². The Morgan fingerprint density at radius 1 is 1.08 bits per heavy atom. The summed E-state index contributed by atoms with van der Waals surface area (Å²) in [5.41, 5.74) is 6.37. The minimum absolute atomic E-state index is 0. The second-order valence-electron chi connectivity index (χ2n) is 7.31. The number of carbonyl (C=O) groups excluding carboxylic acids is 2. The summed E-state index contributed by atoms with van der Waals surface area (Å²) >= 11 is 0. The zero-order chi connectivity index (χ0) is 19.9. The molecule has 0 aromatic carbocycles. The maximum absolute atomic E-state index is 10.8. The second kappa shape index (κ2) is 18.4. The maximum atomic E-state index is 10.8. The molecule has 1 radical (unpaired) electrons. The normalized spacial score (nSPS) is 17.4. The molecular weight excluding hydrogens is 356 g/mol. The molecule has 0 aromatic rings. The minimum Gasteiger partial charge on any atom is -0.852 e. The number of nitrogens with one attached hydrogen (secondary N) is 2. The predicted octanol–water partition coefficient (Wildman–Crippen LogP) is 2.18. The Hall–Kier alpha value is -0.426. The van der Waals surface area contributed by atoms with Crippen LogP contribution in [0.4, 0.5) is 0 Å². The summed E-state index contributed by atoms with van der Waals surface area (Å²) < 4.78 is 0. The molecule has 0 bridgehead atoms. The maximum Gasteiger partial charge on any atom is 3.00 e. The van der Waals surface area contributed by atoms with Crippen molar-refractivity contribution in [3.63, 3.8) is 0 Å². The molecule has 1 rings (SSSR count). The van der Waals surface area contributed by atoms with Crippen molar-refractivity contribution in [1.82, 2.24) is 5.32 Å². The van der Waals surface area contributed by atoms with E-state index in [1.165, 1.54) is 19.8 Å². The van der Waals surface area contributed by atoms with E-state index in [9.17, 15) is 15.0 Å². The van der Waals surface area contributed by atoms with E-state index in [1.807, 2.05) is 0 Å². The summed E-state index contributed by atoms with van der Waals surface area (Å²) in [5.74, 6) is -0.474. The van der Waals surface area contributed by atoms with Gasteiger partial charge in [0.2, 0.25) is 5.91 Å². The molecule has 0 spiro atoms. The third-order valence-corrected chi connectivity index (χ3v) is 2.61. The molecule has 0 saturated heterocycles. The van der Waals surface area contributed by atoms with Gasteiger partial charge in [0.1, 0.15) is 0 Å². The molecule has 25 heavy (non-hydrogen) atoms. The molecule has 6 nitrogen and oxygen atoms in total. The van der Waals surface area contributed by atoms with E-state index in [2.05, 4.69) is 19.2 Å². The van der Waals surface area contributed by atoms with E-state index in [1.54, 1.807) is 34.6 Å². The summed E-state index contributed by atoms with van der Waals surface area (Å²) in [5, 5.41) is 22.1. The minimum atomic E-state index is -0.583. The molecule has 147 valence electrons. The SMILES string of the molecule is CC(=O)NC1CCCC(C)(C)C1.CC(C)[O-].CC(C)[O-].CC([NH-])=O.[Ti+3]. The van der Waals surface area contributed by atoms with E-state index < -0.39 is 18.1 Å². The van der Waals surface area contributed by atoms with E-state index in [-0.39, 0.29) is 27.6 Å². The van der Waals surface area contributed by atoms with Crippen LogP contribution in [0.2, 0.25) is 0 Å². The van der Waals surface area contributed by atoms with Crippen molar-refractivity contribution in [3.8, 4) is 0 Å². The first-order valence-electron chi connectivity index (χ1n) is 8.50. The number of hydrogen-bond acceptors (Lipinski definition) is 4. The molecular formula is C18H37N2O4Ti. The van der Waals surface area contributed by atoms with Gasteiger partial charge in [-0.2, -0.15) is 0 Å². The summed E-state index contributed by atoms with van der Waals surface area (Å²) in [7, 11) is 0. The Labute approximate surface area is 169 Å². The predicted molar refractivity (Wildman–Crippen MR) is 95.1 cm³/mol. The largest absolute Gasteiger partial charge is 3.00 e. The molecule has 7 heteroatoms. The van der Waals surface area contributed by atoms with Crippen LogP contribution in [0.15, 0.2) is 0 Å². The Kier molecular flexibility index (Phi) is 23.7. The number of amides is 2. The van der Waals surface area contributed by atoms with Crippen LogP contribution >= 0.6 is 0 Å². The van der Waals surface area contributed by atoms with Gasteiger partial charge in [0, 0.05) is 18.9 Å². The van der Waals surface area contributed by atoms with E-state index in [4.69, 9.17) is 10.5 Å². The van der Waals surface area contributed by atoms with Gasteiger partial charge in [0.25, 0.3) is 0 Å². The van der Waals surface area contributed by atoms with Gasteiger partial charge < -0.3 is 26.1 Å². The van der Waals surface area contributed by atoms with Crippen LogP contribution in [-0.4, -0.2) is 30.1 Å².